The fourth-order valence-electron chi connectivity index (χ4n) is 6.86. The number of unbranched alkanes of at least 4 members (excludes halogenated alkanes) is 28. The van der Waals surface area contributed by atoms with Gasteiger partial charge in [0.05, 0.1) is 19.8 Å². The van der Waals surface area contributed by atoms with Gasteiger partial charge in [-0.1, -0.05) is 205 Å². The largest absolute Gasteiger partial charge is 0.472 e. The predicted octanol–water partition coefficient (Wildman–Crippen LogP) is 13.3. The van der Waals surface area contributed by atoms with E-state index in [4.69, 9.17) is 23.6 Å². The summed E-state index contributed by atoms with van der Waals surface area (Å²) in [6.07, 6.45) is 45.9. The molecule has 3 atom stereocenters. The van der Waals surface area contributed by atoms with Gasteiger partial charge in [0.25, 0.3) is 0 Å². The number of phosphoric ester groups is 1. The van der Waals surface area contributed by atoms with Gasteiger partial charge in [0, 0.05) is 12.8 Å². The highest BCUT2D eigenvalue weighted by Crippen LogP contribution is 2.43. The molecule has 0 rings (SSSR count). The van der Waals surface area contributed by atoms with E-state index in [2.05, 4.69) is 38.2 Å². The molecule has 0 aromatic carbocycles. The number of rotatable bonds is 46. The van der Waals surface area contributed by atoms with Crippen molar-refractivity contribution >= 4 is 19.8 Å². The summed E-state index contributed by atoms with van der Waals surface area (Å²) in [5, 5.41) is 18.4. The second-order valence-corrected chi connectivity index (χ2v) is 17.9. The Morgan fingerprint density at radius 3 is 1.37 bits per heavy atom. The lowest BCUT2D eigenvalue weighted by molar-refractivity contribution is -0.161. The molecule has 0 aliphatic carbocycles. The third-order valence-electron chi connectivity index (χ3n) is 10.6. The zero-order valence-electron chi connectivity index (χ0n) is 38.0. The Morgan fingerprint density at radius 1 is 0.508 bits per heavy atom. The smallest absolute Gasteiger partial charge is 0.462 e. The number of aliphatic hydroxyl groups excluding tert-OH is 2. The van der Waals surface area contributed by atoms with E-state index in [9.17, 15) is 24.2 Å². The van der Waals surface area contributed by atoms with Crippen LogP contribution in [0.2, 0.25) is 0 Å². The fraction of sp³-hybridized carbons (Fsp3) is 0.875. The van der Waals surface area contributed by atoms with Gasteiger partial charge in [0.15, 0.2) is 6.10 Å². The van der Waals surface area contributed by atoms with Crippen LogP contribution in [0.15, 0.2) is 24.3 Å². The maximum Gasteiger partial charge on any atom is 0.472 e. The van der Waals surface area contributed by atoms with Crippen LogP contribution in [0.25, 0.3) is 0 Å². The van der Waals surface area contributed by atoms with Gasteiger partial charge in [-0.15, -0.1) is 0 Å². The Bertz CT molecular complexity index is 1040. The van der Waals surface area contributed by atoms with E-state index in [0.717, 1.165) is 64.2 Å². The van der Waals surface area contributed by atoms with Crippen LogP contribution in [0.5, 0.6) is 0 Å². The van der Waals surface area contributed by atoms with Gasteiger partial charge in [-0.3, -0.25) is 18.6 Å². The summed E-state index contributed by atoms with van der Waals surface area (Å²) in [6.45, 7) is 2.33. The van der Waals surface area contributed by atoms with Gasteiger partial charge in [-0.05, 0) is 38.5 Å². The highest BCUT2D eigenvalue weighted by molar-refractivity contribution is 7.47. The molecule has 0 bridgehead atoms. The first-order valence-electron chi connectivity index (χ1n) is 24.3. The van der Waals surface area contributed by atoms with Crippen LogP contribution in [0.1, 0.15) is 232 Å². The Balaban J connectivity index is 4.11. The van der Waals surface area contributed by atoms with Gasteiger partial charge in [-0.2, -0.15) is 0 Å². The molecule has 11 heteroatoms. The number of carbonyl (C=O) groups is 2. The summed E-state index contributed by atoms with van der Waals surface area (Å²) < 4.78 is 32.8. The third kappa shape index (κ3) is 44.3. The van der Waals surface area contributed by atoms with Crippen molar-refractivity contribution in [3.63, 3.8) is 0 Å². The highest BCUT2D eigenvalue weighted by atomic mass is 31.2. The number of aliphatic hydroxyl groups is 2. The van der Waals surface area contributed by atoms with Gasteiger partial charge in [-0.25, -0.2) is 4.57 Å². The highest BCUT2D eigenvalue weighted by Gasteiger charge is 2.27. The van der Waals surface area contributed by atoms with Crippen LogP contribution in [0.4, 0.5) is 0 Å². The van der Waals surface area contributed by atoms with E-state index in [0.29, 0.717) is 12.8 Å². The lowest BCUT2D eigenvalue weighted by atomic mass is 10.0. The van der Waals surface area contributed by atoms with Crippen molar-refractivity contribution in [3.05, 3.63) is 24.3 Å². The number of ether oxygens (including phenoxy) is 2. The molecule has 3 N–H and O–H groups in total. The fourth-order valence-corrected chi connectivity index (χ4v) is 7.65. The van der Waals surface area contributed by atoms with Crippen molar-refractivity contribution in [2.75, 3.05) is 26.4 Å². The van der Waals surface area contributed by atoms with Crippen molar-refractivity contribution in [1.82, 2.24) is 0 Å². The predicted molar refractivity (Wildman–Crippen MR) is 242 cm³/mol. The average Bonchev–Trinajstić information content (AvgIpc) is 3.22. The molecule has 10 nitrogen and oxygen atoms in total. The van der Waals surface area contributed by atoms with E-state index in [1.807, 2.05) is 0 Å². The molecule has 0 spiro atoms. The number of phosphoric acid groups is 1. The van der Waals surface area contributed by atoms with E-state index in [1.165, 1.54) is 128 Å². The number of esters is 2. The molecule has 0 amide bonds. The van der Waals surface area contributed by atoms with Gasteiger partial charge in [0.1, 0.15) is 12.7 Å². The summed E-state index contributed by atoms with van der Waals surface area (Å²) in [7, 11) is -4.62. The van der Waals surface area contributed by atoms with Crippen LogP contribution in [0, 0.1) is 0 Å². The Kier molecular flexibility index (Phi) is 43.3. The molecular formula is C48H91O10P. The van der Waals surface area contributed by atoms with E-state index in [-0.39, 0.29) is 19.4 Å². The van der Waals surface area contributed by atoms with Crippen LogP contribution < -0.4 is 0 Å². The zero-order valence-corrected chi connectivity index (χ0v) is 38.9. The molecule has 348 valence electrons. The van der Waals surface area contributed by atoms with Crippen molar-refractivity contribution in [2.45, 2.75) is 244 Å². The molecule has 0 fully saturated rings. The first-order chi connectivity index (χ1) is 28.7. The summed E-state index contributed by atoms with van der Waals surface area (Å²) in [6, 6.07) is 0. The molecule has 0 aliphatic rings. The monoisotopic (exact) mass is 859 g/mol. The van der Waals surface area contributed by atoms with E-state index >= 15 is 0 Å². The summed E-state index contributed by atoms with van der Waals surface area (Å²) >= 11 is 0. The van der Waals surface area contributed by atoms with Crippen molar-refractivity contribution < 1.29 is 47.8 Å². The number of carbonyl (C=O) groups excluding carboxylic acids is 2. The topological polar surface area (TPSA) is 149 Å². The zero-order chi connectivity index (χ0) is 43.3. The van der Waals surface area contributed by atoms with Gasteiger partial charge < -0.3 is 24.6 Å². The Morgan fingerprint density at radius 2 is 0.915 bits per heavy atom. The molecule has 0 radical (unpaired) electrons. The minimum atomic E-state index is -4.62. The average molecular weight is 859 g/mol. The number of hydrogen-bond acceptors (Lipinski definition) is 9. The number of allylic oxidation sites excluding steroid dienone is 4. The van der Waals surface area contributed by atoms with Crippen molar-refractivity contribution in [3.8, 4) is 0 Å². The van der Waals surface area contributed by atoms with Gasteiger partial charge in [0.2, 0.25) is 0 Å². The second kappa shape index (κ2) is 44.5. The molecule has 3 unspecified atom stereocenters. The molecular weight excluding hydrogens is 767 g/mol. The normalized spacial score (nSPS) is 13.9. The molecule has 0 saturated heterocycles. The maximum atomic E-state index is 12.6. The Labute approximate surface area is 361 Å². The maximum absolute atomic E-state index is 12.6. The van der Waals surface area contributed by atoms with Crippen LogP contribution in [-0.4, -0.2) is 65.7 Å². The van der Waals surface area contributed by atoms with Crippen LogP contribution in [-0.2, 0) is 32.7 Å². The van der Waals surface area contributed by atoms with Crippen LogP contribution >= 0.6 is 7.82 Å². The second-order valence-electron chi connectivity index (χ2n) is 16.5. The van der Waals surface area contributed by atoms with Crippen molar-refractivity contribution in [2.24, 2.45) is 0 Å². The van der Waals surface area contributed by atoms with Crippen LogP contribution in [0.3, 0.4) is 0 Å². The molecule has 59 heavy (non-hydrogen) atoms. The molecule has 0 aromatic rings. The first-order valence-corrected chi connectivity index (χ1v) is 25.8. The standard InChI is InChI=1S/C48H91O10P/c1-3-5-7-9-11-13-15-17-18-19-20-21-22-23-24-25-26-28-29-31-33-35-37-39-47(51)55-43-46(44-57-59(53,54)56-42-45(50)41-49)58-48(52)40-38-36-34-32-30-27-16-14-12-10-8-6-4-2/h8,10,14,16,45-46,49-50H,3-7,9,11-13,15,17-44H2,1-2H3,(H,53,54)/b10-8-,16-14-. The van der Waals surface area contributed by atoms with E-state index < -0.39 is 51.8 Å². The molecule has 0 aromatic heterocycles. The quantitative estimate of drug-likeness (QED) is 0.0234. The summed E-state index contributed by atoms with van der Waals surface area (Å²) in [5.41, 5.74) is 0. The third-order valence-corrected chi connectivity index (χ3v) is 11.5. The molecule has 0 aliphatic heterocycles. The number of hydrogen-bond donors (Lipinski definition) is 3. The Hall–Kier alpha value is -1.55. The van der Waals surface area contributed by atoms with Gasteiger partial charge >= 0.3 is 19.8 Å². The molecule has 0 heterocycles. The van der Waals surface area contributed by atoms with E-state index in [1.54, 1.807) is 0 Å². The SMILES string of the molecule is CCC/C=C\C/C=C\CCCCCCCC(=O)OC(COC(=O)CCCCCCCCCCCCCCCCCCCCCCCCC)COP(=O)(O)OCC(O)CO. The van der Waals surface area contributed by atoms with Crippen molar-refractivity contribution in [1.29, 1.82) is 0 Å². The summed E-state index contributed by atoms with van der Waals surface area (Å²) in [5.74, 6) is -0.931. The lowest BCUT2D eigenvalue weighted by Crippen LogP contribution is -2.29. The minimum absolute atomic E-state index is 0.171. The minimum Gasteiger partial charge on any atom is -0.462 e. The summed E-state index contributed by atoms with van der Waals surface area (Å²) in [4.78, 5) is 35.0. The lowest BCUT2D eigenvalue weighted by Gasteiger charge is -2.20. The first kappa shape index (κ1) is 57.4. The molecule has 0 saturated carbocycles.